The molecule has 0 radical (unpaired) electrons. The minimum Gasteiger partial charge on any atom is -0.325 e. The first-order valence-corrected chi connectivity index (χ1v) is 5.28. The second-order valence-corrected chi connectivity index (χ2v) is 3.99. The molecule has 2 N–H and O–H groups in total. The Kier molecular flexibility index (Phi) is 2.60. The van der Waals surface area contributed by atoms with Crippen LogP contribution in [0.1, 0.15) is 16.5 Å². The number of aromatic nitrogens is 3. The first-order valence-electron chi connectivity index (χ1n) is 4.40. The highest BCUT2D eigenvalue weighted by atomic mass is 32.1. The Morgan fingerprint density at radius 3 is 3.00 bits per heavy atom. The summed E-state index contributed by atoms with van der Waals surface area (Å²) in [5.41, 5.74) is 6.67. The molecule has 2 heterocycles. The zero-order valence-electron chi connectivity index (χ0n) is 7.97. The van der Waals surface area contributed by atoms with E-state index in [4.69, 9.17) is 5.73 Å². The number of nitrogens with two attached hydrogens (primary N) is 1. The number of aryl methyl sites for hydroxylation is 1. The van der Waals surface area contributed by atoms with Crippen molar-refractivity contribution >= 4 is 11.3 Å². The van der Waals surface area contributed by atoms with Crippen LogP contribution in [0.25, 0.3) is 0 Å². The van der Waals surface area contributed by atoms with Crippen LogP contribution in [0.3, 0.4) is 0 Å². The van der Waals surface area contributed by atoms with Crippen LogP contribution in [0.4, 0.5) is 0 Å². The van der Waals surface area contributed by atoms with Gasteiger partial charge in [0, 0.05) is 24.3 Å². The van der Waals surface area contributed by atoms with Crippen molar-refractivity contribution < 1.29 is 0 Å². The SMILES string of the molecule is Cc1ncc(CN)n1Cc1nccs1. The Balaban J connectivity index is 2.27. The molecule has 0 bridgehead atoms. The highest BCUT2D eigenvalue weighted by Crippen LogP contribution is 2.11. The van der Waals surface area contributed by atoms with E-state index in [0.29, 0.717) is 6.54 Å². The van der Waals surface area contributed by atoms with Gasteiger partial charge >= 0.3 is 0 Å². The molecule has 0 aliphatic carbocycles. The third-order valence-electron chi connectivity index (χ3n) is 2.12. The molecule has 0 amide bonds. The van der Waals surface area contributed by atoms with Crippen molar-refractivity contribution in [3.8, 4) is 0 Å². The quantitative estimate of drug-likeness (QED) is 0.823. The summed E-state index contributed by atoms with van der Waals surface area (Å²) in [5.74, 6) is 0.987. The molecule has 14 heavy (non-hydrogen) atoms. The van der Waals surface area contributed by atoms with Gasteiger partial charge in [0.15, 0.2) is 0 Å². The van der Waals surface area contributed by atoms with E-state index in [2.05, 4.69) is 14.5 Å². The Hall–Kier alpha value is -1.20. The van der Waals surface area contributed by atoms with E-state index in [1.165, 1.54) is 0 Å². The van der Waals surface area contributed by atoms with Gasteiger partial charge in [-0.25, -0.2) is 9.97 Å². The number of imidazole rings is 1. The predicted molar refractivity (Wildman–Crippen MR) is 56.1 cm³/mol. The molecule has 0 spiro atoms. The lowest BCUT2D eigenvalue weighted by molar-refractivity contribution is 0.710. The smallest absolute Gasteiger partial charge is 0.112 e. The summed E-state index contributed by atoms with van der Waals surface area (Å²) in [6.07, 6.45) is 3.64. The molecular formula is C9H12N4S. The van der Waals surface area contributed by atoms with Gasteiger partial charge in [-0.05, 0) is 6.92 Å². The zero-order chi connectivity index (χ0) is 9.97. The van der Waals surface area contributed by atoms with Crippen molar-refractivity contribution in [1.29, 1.82) is 0 Å². The van der Waals surface area contributed by atoms with E-state index in [1.54, 1.807) is 11.3 Å². The van der Waals surface area contributed by atoms with E-state index in [0.717, 1.165) is 23.1 Å². The maximum absolute atomic E-state index is 5.62. The van der Waals surface area contributed by atoms with Crippen molar-refractivity contribution in [3.05, 3.63) is 34.3 Å². The number of nitrogens with zero attached hydrogens (tertiary/aromatic N) is 3. The number of rotatable bonds is 3. The van der Waals surface area contributed by atoms with Gasteiger partial charge < -0.3 is 10.3 Å². The van der Waals surface area contributed by atoms with E-state index < -0.39 is 0 Å². The van der Waals surface area contributed by atoms with Gasteiger partial charge in [-0.2, -0.15) is 0 Å². The molecule has 0 aliphatic heterocycles. The van der Waals surface area contributed by atoms with Crippen molar-refractivity contribution in [2.75, 3.05) is 0 Å². The molecule has 74 valence electrons. The van der Waals surface area contributed by atoms with Gasteiger partial charge in [0.2, 0.25) is 0 Å². The van der Waals surface area contributed by atoms with Crippen molar-refractivity contribution in [2.24, 2.45) is 5.73 Å². The fraction of sp³-hybridized carbons (Fsp3) is 0.333. The van der Waals surface area contributed by atoms with Crippen molar-refractivity contribution in [1.82, 2.24) is 14.5 Å². The highest BCUT2D eigenvalue weighted by Gasteiger charge is 2.06. The number of hydrogen-bond acceptors (Lipinski definition) is 4. The lowest BCUT2D eigenvalue weighted by atomic mass is 10.4. The van der Waals surface area contributed by atoms with Crippen LogP contribution in [0.15, 0.2) is 17.8 Å². The fourth-order valence-electron chi connectivity index (χ4n) is 1.36. The van der Waals surface area contributed by atoms with Crippen LogP contribution in [0.5, 0.6) is 0 Å². The summed E-state index contributed by atoms with van der Waals surface area (Å²) in [4.78, 5) is 8.46. The van der Waals surface area contributed by atoms with E-state index in [-0.39, 0.29) is 0 Å². The molecule has 0 aliphatic rings. The molecule has 0 saturated heterocycles. The Labute approximate surface area is 86.4 Å². The predicted octanol–water partition coefficient (Wildman–Crippen LogP) is 1.16. The number of thiazole rings is 1. The first-order chi connectivity index (χ1) is 6.81. The molecule has 0 saturated carbocycles. The average molecular weight is 208 g/mol. The van der Waals surface area contributed by atoms with Crippen LogP contribution in [-0.2, 0) is 13.1 Å². The number of hydrogen-bond donors (Lipinski definition) is 1. The summed E-state index contributed by atoms with van der Waals surface area (Å²) in [7, 11) is 0. The summed E-state index contributed by atoms with van der Waals surface area (Å²) in [5, 5.41) is 3.06. The second kappa shape index (κ2) is 3.89. The summed E-state index contributed by atoms with van der Waals surface area (Å²) in [6, 6.07) is 0. The maximum Gasteiger partial charge on any atom is 0.112 e. The van der Waals surface area contributed by atoms with Gasteiger partial charge in [0.1, 0.15) is 10.8 Å². The first kappa shape index (κ1) is 9.36. The third kappa shape index (κ3) is 1.69. The standard InChI is InChI=1S/C9H12N4S/c1-7-12-5-8(4-10)13(7)6-9-11-2-3-14-9/h2-3,5H,4,6,10H2,1H3. The van der Waals surface area contributed by atoms with Gasteiger partial charge in [-0.1, -0.05) is 0 Å². The van der Waals surface area contributed by atoms with E-state index in [1.807, 2.05) is 24.7 Å². The molecule has 0 unspecified atom stereocenters. The van der Waals surface area contributed by atoms with Crippen LogP contribution in [0, 0.1) is 6.92 Å². The minimum atomic E-state index is 0.520. The van der Waals surface area contributed by atoms with E-state index >= 15 is 0 Å². The maximum atomic E-state index is 5.62. The van der Waals surface area contributed by atoms with Crippen LogP contribution in [0.2, 0.25) is 0 Å². The molecule has 4 nitrogen and oxygen atoms in total. The van der Waals surface area contributed by atoms with Gasteiger partial charge in [-0.15, -0.1) is 11.3 Å². The molecule has 0 fully saturated rings. The van der Waals surface area contributed by atoms with Crippen LogP contribution < -0.4 is 5.73 Å². The molecule has 0 aromatic carbocycles. The van der Waals surface area contributed by atoms with Gasteiger partial charge in [0.05, 0.1) is 12.2 Å². The van der Waals surface area contributed by atoms with Gasteiger partial charge in [0.25, 0.3) is 0 Å². The van der Waals surface area contributed by atoms with E-state index in [9.17, 15) is 0 Å². The summed E-state index contributed by atoms with van der Waals surface area (Å²) in [6.45, 7) is 3.27. The largest absolute Gasteiger partial charge is 0.325 e. The molecule has 2 aromatic heterocycles. The lowest BCUT2D eigenvalue weighted by Crippen LogP contribution is -2.09. The highest BCUT2D eigenvalue weighted by molar-refractivity contribution is 7.09. The zero-order valence-corrected chi connectivity index (χ0v) is 8.79. The second-order valence-electron chi connectivity index (χ2n) is 3.01. The summed E-state index contributed by atoms with van der Waals surface area (Å²) < 4.78 is 2.10. The Morgan fingerprint density at radius 1 is 1.50 bits per heavy atom. The molecule has 5 heteroatoms. The third-order valence-corrected chi connectivity index (χ3v) is 2.89. The minimum absolute atomic E-state index is 0.520. The van der Waals surface area contributed by atoms with Crippen molar-refractivity contribution in [2.45, 2.75) is 20.0 Å². The molecular weight excluding hydrogens is 196 g/mol. The monoisotopic (exact) mass is 208 g/mol. The molecule has 2 rings (SSSR count). The molecule has 0 atom stereocenters. The normalized spacial score (nSPS) is 10.7. The van der Waals surface area contributed by atoms with Crippen molar-refractivity contribution in [3.63, 3.8) is 0 Å². The summed E-state index contributed by atoms with van der Waals surface area (Å²) >= 11 is 1.65. The average Bonchev–Trinajstić information content (AvgIpc) is 2.79. The Morgan fingerprint density at radius 2 is 2.36 bits per heavy atom. The topological polar surface area (TPSA) is 56.7 Å². The van der Waals surface area contributed by atoms with Crippen LogP contribution >= 0.6 is 11.3 Å². The van der Waals surface area contributed by atoms with Gasteiger partial charge in [-0.3, -0.25) is 0 Å². The lowest BCUT2D eigenvalue weighted by Gasteiger charge is -2.06. The van der Waals surface area contributed by atoms with Crippen LogP contribution in [-0.4, -0.2) is 14.5 Å². The Bertz CT molecular complexity index is 404. The fourth-order valence-corrected chi connectivity index (χ4v) is 1.96. The molecule has 2 aromatic rings.